The molecular weight excluding hydrogens is 406 g/mol. The van der Waals surface area contributed by atoms with E-state index in [9.17, 15) is 18.0 Å². The third-order valence-corrected chi connectivity index (χ3v) is 5.55. The Bertz CT molecular complexity index is 1030. The van der Waals surface area contributed by atoms with Crippen molar-refractivity contribution in [3.63, 3.8) is 0 Å². The number of carbonyl (C=O) groups is 2. The van der Waals surface area contributed by atoms with Gasteiger partial charge in [-0.25, -0.2) is 13.1 Å². The van der Waals surface area contributed by atoms with E-state index in [1.54, 1.807) is 45.9 Å². The minimum absolute atomic E-state index is 0.137. The first kappa shape index (κ1) is 23.6. The van der Waals surface area contributed by atoms with Crippen LogP contribution in [-0.4, -0.2) is 32.3 Å². The Morgan fingerprint density at radius 3 is 2.30 bits per heavy atom. The summed E-state index contributed by atoms with van der Waals surface area (Å²) in [6.07, 6.45) is 0. The average molecular weight is 436 g/mol. The minimum Gasteiger partial charge on any atom is -0.438 e. The van der Waals surface area contributed by atoms with Crippen LogP contribution in [0.2, 0.25) is 0 Å². The Morgan fingerprint density at radius 1 is 1.07 bits per heavy atom. The molecule has 2 amide bonds. The van der Waals surface area contributed by atoms with Crippen molar-refractivity contribution in [3.8, 4) is 0 Å². The normalized spacial score (nSPS) is 12.1. The zero-order valence-electron chi connectivity index (χ0n) is 18.1. The summed E-state index contributed by atoms with van der Waals surface area (Å²) in [5.74, 6) is -0.569. The summed E-state index contributed by atoms with van der Waals surface area (Å²) in [7, 11) is -3.88. The standard InChI is InChI=1S/C21H29N3O5S/c1-13(2)12-22-19(25)15-7-8-16(14(3)11-15)23-20(26)17-9-10-18(29-17)30(27,28)24-21(4,5)6/h7-11,13,24H,12H2,1-6H3,(H,22,25)(H,23,26). The van der Waals surface area contributed by atoms with Gasteiger partial charge in [0.15, 0.2) is 5.76 Å². The van der Waals surface area contributed by atoms with E-state index in [1.165, 1.54) is 12.1 Å². The molecule has 2 aromatic rings. The van der Waals surface area contributed by atoms with Crippen molar-refractivity contribution in [2.24, 2.45) is 5.92 Å². The second kappa shape index (κ2) is 9.01. The molecule has 0 fully saturated rings. The lowest BCUT2D eigenvalue weighted by Gasteiger charge is -2.18. The molecule has 1 aromatic heterocycles. The SMILES string of the molecule is Cc1cc(C(=O)NCC(C)C)ccc1NC(=O)c1ccc(S(=O)(=O)NC(C)(C)C)o1. The van der Waals surface area contributed by atoms with Crippen molar-refractivity contribution in [1.29, 1.82) is 0 Å². The largest absolute Gasteiger partial charge is 0.438 e. The van der Waals surface area contributed by atoms with E-state index in [-0.39, 0.29) is 16.8 Å². The van der Waals surface area contributed by atoms with Crippen LogP contribution in [0.5, 0.6) is 0 Å². The molecule has 0 aliphatic heterocycles. The van der Waals surface area contributed by atoms with Gasteiger partial charge in [0.2, 0.25) is 5.09 Å². The summed E-state index contributed by atoms with van der Waals surface area (Å²) < 4.78 is 32.4. The van der Waals surface area contributed by atoms with E-state index >= 15 is 0 Å². The smallest absolute Gasteiger partial charge is 0.291 e. The minimum atomic E-state index is -3.88. The third kappa shape index (κ3) is 6.43. The second-order valence-corrected chi connectivity index (χ2v) is 10.2. The van der Waals surface area contributed by atoms with Crippen LogP contribution >= 0.6 is 0 Å². The van der Waals surface area contributed by atoms with Crippen LogP contribution in [0.1, 0.15) is 61.1 Å². The highest BCUT2D eigenvalue weighted by molar-refractivity contribution is 7.89. The average Bonchev–Trinajstić information content (AvgIpc) is 3.10. The summed E-state index contributed by atoms with van der Waals surface area (Å²) in [6, 6.07) is 7.45. The predicted octanol–water partition coefficient (Wildman–Crippen LogP) is 3.30. The summed E-state index contributed by atoms with van der Waals surface area (Å²) >= 11 is 0. The highest BCUT2D eigenvalue weighted by Crippen LogP contribution is 2.20. The first-order chi connectivity index (χ1) is 13.8. The number of amides is 2. The molecule has 0 unspecified atom stereocenters. The Hall–Kier alpha value is -2.65. The summed E-state index contributed by atoms with van der Waals surface area (Å²) in [6.45, 7) is 11.5. The van der Waals surface area contributed by atoms with E-state index < -0.39 is 21.5 Å². The topological polar surface area (TPSA) is 118 Å². The zero-order valence-corrected chi connectivity index (χ0v) is 18.9. The van der Waals surface area contributed by atoms with Crippen LogP contribution in [0.25, 0.3) is 0 Å². The van der Waals surface area contributed by atoms with Crippen LogP contribution in [0.4, 0.5) is 5.69 Å². The number of nitrogens with one attached hydrogen (secondary N) is 3. The first-order valence-electron chi connectivity index (χ1n) is 9.62. The van der Waals surface area contributed by atoms with Gasteiger partial charge in [0.1, 0.15) is 0 Å². The lowest BCUT2D eigenvalue weighted by atomic mass is 10.1. The molecular formula is C21H29N3O5S. The molecule has 0 saturated heterocycles. The molecule has 8 nitrogen and oxygen atoms in total. The maximum atomic E-state index is 12.5. The highest BCUT2D eigenvalue weighted by Gasteiger charge is 2.26. The number of carbonyl (C=O) groups excluding carboxylic acids is 2. The van der Waals surface area contributed by atoms with E-state index in [0.29, 0.717) is 29.3 Å². The molecule has 0 atom stereocenters. The number of benzene rings is 1. The van der Waals surface area contributed by atoms with Gasteiger partial charge >= 0.3 is 0 Å². The van der Waals surface area contributed by atoms with Gasteiger partial charge in [-0.1, -0.05) is 13.8 Å². The van der Waals surface area contributed by atoms with Crippen LogP contribution in [-0.2, 0) is 10.0 Å². The molecule has 164 valence electrons. The van der Waals surface area contributed by atoms with Crippen LogP contribution in [0.3, 0.4) is 0 Å². The number of hydrogen-bond acceptors (Lipinski definition) is 5. The Labute approximate surface area is 177 Å². The van der Waals surface area contributed by atoms with Crippen LogP contribution < -0.4 is 15.4 Å². The van der Waals surface area contributed by atoms with E-state index in [1.807, 2.05) is 13.8 Å². The molecule has 30 heavy (non-hydrogen) atoms. The first-order valence-corrected chi connectivity index (χ1v) is 11.1. The number of anilines is 1. The fourth-order valence-corrected chi connectivity index (χ4v) is 3.92. The fourth-order valence-electron chi connectivity index (χ4n) is 2.57. The lowest BCUT2D eigenvalue weighted by Crippen LogP contribution is -2.40. The number of sulfonamides is 1. The molecule has 0 radical (unpaired) electrons. The number of hydrogen-bond donors (Lipinski definition) is 3. The van der Waals surface area contributed by atoms with Gasteiger partial charge < -0.3 is 15.1 Å². The molecule has 9 heteroatoms. The molecule has 0 bridgehead atoms. The maximum absolute atomic E-state index is 12.5. The van der Waals surface area contributed by atoms with Gasteiger partial charge in [-0.2, -0.15) is 0 Å². The van der Waals surface area contributed by atoms with Gasteiger partial charge in [0.25, 0.3) is 21.8 Å². The monoisotopic (exact) mass is 435 g/mol. The van der Waals surface area contributed by atoms with Crippen molar-refractivity contribution in [2.45, 2.75) is 52.2 Å². The molecule has 0 spiro atoms. The molecule has 1 aromatic carbocycles. The number of aryl methyl sites for hydroxylation is 1. The molecule has 0 aliphatic rings. The fraction of sp³-hybridized carbons (Fsp3) is 0.429. The third-order valence-electron chi connectivity index (χ3n) is 3.92. The summed E-state index contributed by atoms with van der Waals surface area (Å²) in [5, 5.41) is 5.18. The predicted molar refractivity (Wildman–Crippen MR) is 115 cm³/mol. The van der Waals surface area contributed by atoms with Crippen molar-refractivity contribution in [2.75, 3.05) is 11.9 Å². The number of furan rings is 1. The van der Waals surface area contributed by atoms with Crippen LogP contribution in [0, 0.1) is 12.8 Å². The quantitative estimate of drug-likeness (QED) is 0.617. The Morgan fingerprint density at radius 2 is 1.73 bits per heavy atom. The van der Waals surface area contributed by atoms with Gasteiger partial charge in [-0.3, -0.25) is 9.59 Å². The van der Waals surface area contributed by atoms with Gasteiger partial charge in [-0.05, 0) is 69.5 Å². The van der Waals surface area contributed by atoms with Crippen molar-refractivity contribution in [3.05, 3.63) is 47.2 Å². The van der Waals surface area contributed by atoms with E-state index in [0.717, 1.165) is 0 Å². The van der Waals surface area contributed by atoms with Crippen molar-refractivity contribution < 1.29 is 22.4 Å². The van der Waals surface area contributed by atoms with Crippen molar-refractivity contribution in [1.82, 2.24) is 10.0 Å². The molecule has 1 heterocycles. The van der Waals surface area contributed by atoms with E-state index in [4.69, 9.17) is 4.42 Å². The van der Waals surface area contributed by atoms with E-state index in [2.05, 4.69) is 15.4 Å². The molecule has 2 rings (SSSR count). The van der Waals surface area contributed by atoms with Gasteiger partial charge in [-0.15, -0.1) is 0 Å². The highest BCUT2D eigenvalue weighted by atomic mass is 32.2. The number of rotatable bonds is 7. The van der Waals surface area contributed by atoms with Crippen molar-refractivity contribution >= 4 is 27.5 Å². The summed E-state index contributed by atoms with van der Waals surface area (Å²) in [5.41, 5.74) is 0.989. The maximum Gasteiger partial charge on any atom is 0.291 e. The van der Waals surface area contributed by atoms with Gasteiger partial charge in [0.05, 0.1) is 0 Å². The van der Waals surface area contributed by atoms with Crippen LogP contribution in [0.15, 0.2) is 39.8 Å². The molecule has 3 N–H and O–H groups in total. The second-order valence-electron chi connectivity index (χ2n) is 8.56. The van der Waals surface area contributed by atoms with Gasteiger partial charge in [0, 0.05) is 23.3 Å². The summed E-state index contributed by atoms with van der Waals surface area (Å²) in [4.78, 5) is 24.7. The molecule has 0 aliphatic carbocycles. The lowest BCUT2D eigenvalue weighted by molar-refractivity contribution is 0.0948. The Balaban J connectivity index is 2.12. The molecule has 0 saturated carbocycles. The zero-order chi connectivity index (χ0) is 22.7. The Kier molecular flexibility index (Phi) is 7.10.